The van der Waals surface area contributed by atoms with Crippen molar-refractivity contribution in [3.63, 3.8) is 0 Å². The van der Waals surface area contributed by atoms with Crippen LogP contribution in [-0.2, 0) is 13.0 Å². The first-order chi connectivity index (χ1) is 16.0. The molecule has 0 aliphatic heterocycles. The number of aryl methyl sites for hydroxylation is 3. The summed E-state index contributed by atoms with van der Waals surface area (Å²) in [6.07, 6.45) is 5.06. The highest BCUT2D eigenvalue weighted by Gasteiger charge is 2.22. The molecule has 33 heavy (non-hydrogen) atoms. The molecule has 0 spiro atoms. The lowest BCUT2D eigenvalue weighted by molar-refractivity contribution is 0.342. The number of hydrogen-bond donors (Lipinski definition) is 1. The molecule has 0 bridgehead atoms. The number of nitrogens with one attached hydrogen (secondary N) is 1. The van der Waals surface area contributed by atoms with Crippen molar-refractivity contribution in [2.75, 3.05) is 6.54 Å². The highest BCUT2D eigenvalue weighted by Crippen LogP contribution is 2.37. The van der Waals surface area contributed by atoms with E-state index in [4.69, 9.17) is 0 Å². The summed E-state index contributed by atoms with van der Waals surface area (Å²) >= 11 is 0. The van der Waals surface area contributed by atoms with Gasteiger partial charge in [0.25, 0.3) is 0 Å². The van der Waals surface area contributed by atoms with Crippen LogP contribution in [0.25, 0.3) is 22.2 Å². The largest absolute Gasteiger partial charge is 0.333 e. The number of nitrogens with zero attached hydrogens (tertiary/aromatic N) is 1. The summed E-state index contributed by atoms with van der Waals surface area (Å²) in [6.45, 7) is 7.84. The molecular weight excluding hydrogens is 407 g/mol. The molecule has 1 fully saturated rings. The first-order valence-corrected chi connectivity index (χ1v) is 12.2. The molecule has 1 saturated carbocycles. The van der Waals surface area contributed by atoms with Gasteiger partial charge in [-0.1, -0.05) is 60.5 Å². The molecule has 4 aromatic rings. The summed E-state index contributed by atoms with van der Waals surface area (Å²) in [5.41, 5.74) is 8.46. The van der Waals surface area contributed by atoms with Gasteiger partial charge in [-0.05, 0) is 81.0 Å². The second-order valence-electron chi connectivity index (χ2n) is 9.68. The first-order valence-electron chi connectivity index (χ1n) is 12.2. The van der Waals surface area contributed by atoms with Gasteiger partial charge in [-0.15, -0.1) is 0 Å². The highest BCUT2D eigenvalue weighted by atomic mass is 19.1. The van der Waals surface area contributed by atoms with Gasteiger partial charge in [0.15, 0.2) is 5.82 Å². The van der Waals surface area contributed by atoms with E-state index >= 15 is 4.39 Å². The topological polar surface area (TPSA) is 17.0 Å². The minimum absolute atomic E-state index is 0.121. The van der Waals surface area contributed by atoms with Crippen LogP contribution in [0, 0.1) is 26.6 Å². The number of halogens is 1. The van der Waals surface area contributed by atoms with Crippen molar-refractivity contribution in [3.05, 3.63) is 94.3 Å². The Labute approximate surface area is 196 Å². The van der Waals surface area contributed by atoms with Gasteiger partial charge in [-0.25, -0.2) is 4.39 Å². The predicted molar refractivity (Wildman–Crippen MR) is 136 cm³/mol. The Morgan fingerprint density at radius 1 is 0.909 bits per heavy atom. The molecule has 2 nitrogen and oxygen atoms in total. The number of fused-ring (bicyclic) bond motifs is 1. The second-order valence-corrected chi connectivity index (χ2v) is 9.68. The van der Waals surface area contributed by atoms with E-state index in [1.165, 1.54) is 30.4 Å². The molecule has 1 aliphatic carbocycles. The molecule has 0 saturated heterocycles. The molecule has 1 N–H and O–H groups in total. The molecular formula is C30H33FN2. The van der Waals surface area contributed by atoms with Crippen LogP contribution in [0.5, 0.6) is 0 Å². The van der Waals surface area contributed by atoms with Gasteiger partial charge >= 0.3 is 0 Å². The van der Waals surface area contributed by atoms with Crippen LogP contribution in [-0.4, -0.2) is 17.2 Å². The van der Waals surface area contributed by atoms with Crippen molar-refractivity contribution in [2.45, 2.75) is 59.0 Å². The first kappa shape index (κ1) is 21.9. The van der Waals surface area contributed by atoms with Crippen LogP contribution in [0.4, 0.5) is 4.39 Å². The van der Waals surface area contributed by atoms with E-state index in [0.717, 1.165) is 46.8 Å². The fraction of sp³-hybridized carbons (Fsp3) is 0.333. The van der Waals surface area contributed by atoms with E-state index in [-0.39, 0.29) is 5.82 Å². The van der Waals surface area contributed by atoms with Gasteiger partial charge in [0.2, 0.25) is 0 Å². The van der Waals surface area contributed by atoms with E-state index in [2.05, 4.69) is 72.3 Å². The SMILES string of the molecule is Cc1ccc2c(c1)c(F)c(-c1c(C)cccc1C)n2Cc1ccc(CCNC2CCC2)cc1. The summed E-state index contributed by atoms with van der Waals surface area (Å²) in [5, 5.41) is 4.34. The Balaban J connectivity index is 1.48. The maximum absolute atomic E-state index is 15.9. The van der Waals surface area contributed by atoms with Crippen molar-refractivity contribution in [1.29, 1.82) is 0 Å². The van der Waals surface area contributed by atoms with Crippen LogP contribution >= 0.6 is 0 Å². The van der Waals surface area contributed by atoms with Gasteiger partial charge < -0.3 is 9.88 Å². The maximum atomic E-state index is 15.9. The zero-order valence-corrected chi connectivity index (χ0v) is 19.9. The van der Waals surface area contributed by atoms with Crippen molar-refractivity contribution in [1.82, 2.24) is 9.88 Å². The lowest BCUT2D eigenvalue weighted by Crippen LogP contribution is -2.36. The summed E-state index contributed by atoms with van der Waals surface area (Å²) < 4.78 is 18.1. The van der Waals surface area contributed by atoms with Crippen molar-refractivity contribution >= 4 is 10.9 Å². The molecule has 5 rings (SSSR count). The summed E-state index contributed by atoms with van der Waals surface area (Å²) in [7, 11) is 0. The van der Waals surface area contributed by atoms with Crippen LogP contribution in [0.1, 0.15) is 47.1 Å². The van der Waals surface area contributed by atoms with Crippen molar-refractivity contribution in [3.8, 4) is 11.3 Å². The molecule has 1 aromatic heterocycles. The van der Waals surface area contributed by atoms with Crippen LogP contribution in [0.15, 0.2) is 60.7 Å². The molecule has 0 amide bonds. The average Bonchev–Trinajstić information content (AvgIpc) is 3.02. The third kappa shape index (κ3) is 4.35. The van der Waals surface area contributed by atoms with E-state index in [1.807, 2.05) is 19.1 Å². The zero-order valence-electron chi connectivity index (χ0n) is 19.9. The molecule has 1 aliphatic rings. The van der Waals surface area contributed by atoms with Gasteiger partial charge in [-0.3, -0.25) is 0 Å². The van der Waals surface area contributed by atoms with E-state index in [9.17, 15) is 0 Å². The third-order valence-electron chi connectivity index (χ3n) is 7.19. The Bertz CT molecular complexity index is 1260. The standard InChI is InChI=1S/C30H33FN2/c1-20-10-15-27-26(18-20)29(31)30(28-21(2)6-4-7-22(28)3)33(27)19-24-13-11-23(12-14-24)16-17-32-25-8-5-9-25/h4,6-7,10-15,18,25,32H,5,8-9,16-17,19H2,1-3H3. The third-order valence-corrected chi connectivity index (χ3v) is 7.19. The normalized spacial score (nSPS) is 14.1. The highest BCUT2D eigenvalue weighted by molar-refractivity contribution is 5.90. The average molecular weight is 441 g/mol. The quantitative estimate of drug-likeness (QED) is 0.324. The monoisotopic (exact) mass is 440 g/mol. The Morgan fingerprint density at radius 3 is 2.27 bits per heavy atom. The maximum Gasteiger partial charge on any atom is 0.156 e. The summed E-state index contributed by atoms with van der Waals surface area (Å²) in [6, 6.07) is 21.9. The number of benzene rings is 3. The molecule has 0 atom stereocenters. The van der Waals surface area contributed by atoms with Crippen LogP contribution < -0.4 is 5.32 Å². The number of rotatable bonds is 7. The molecule has 1 heterocycles. The Kier molecular flexibility index (Phi) is 6.07. The lowest BCUT2D eigenvalue weighted by atomic mass is 9.93. The number of aromatic nitrogens is 1. The zero-order chi connectivity index (χ0) is 22.9. The number of hydrogen-bond acceptors (Lipinski definition) is 1. The molecule has 3 heteroatoms. The predicted octanol–water partition coefficient (Wildman–Crippen LogP) is 7.11. The fourth-order valence-corrected chi connectivity index (χ4v) is 5.05. The van der Waals surface area contributed by atoms with E-state index < -0.39 is 0 Å². The molecule has 170 valence electrons. The Hall–Kier alpha value is -2.91. The van der Waals surface area contributed by atoms with E-state index in [0.29, 0.717) is 17.6 Å². The fourth-order valence-electron chi connectivity index (χ4n) is 5.05. The van der Waals surface area contributed by atoms with Gasteiger partial charge in [-0.2, -0.15) is 0 Å². The van der Waals surface area contributed by atoms with Crippen LogP contribution in [0.3, 0.4) is 0 Å². The van der Waals surface area contributed by atoms with Gasteiger partial charge in [0.05, 0.1) is 11.2 Å². The minimum Gasteiger partial charge on any atom is -0.333 e. The molecule has 3 aromatic carbocycles. The van der Waals surface area contributed by atoms with E-state index in [1.54, 1.807) is 0 Å². The summed E-state index contributed by atoms with van der Waals surface area (Å²) in [5.74, 6) is -0.121. The summed E-state index contributed by atoms with van der Waals surface area (Å²) in [4.78, 5) is 0. The van der Waals surface area contributed by atoms with Gasteiger partial charge in [0.1, 0.15) is 0 Å². The lowest BCUT2D eigenvalue weighted by Gasteiger charge is -2.26. The van der Waals surface area contributed by atoms with Gasteiger partial charge in [0, 0.05) is 23.5 Å². The second kappa shape index (κ2) is 9.15. The molecule has 0 unspecified atom stereocenters. The van der Waals surface area contributed by atoms with Crippen LogP contribution in [0.2, 0.25) is 0 Å². The smallest absolute Gasteiger partial charge is 0.156 e. The van der Waals surface area contributed by atoms with Crippen molar-refractivity contribution in [2.24, 2.45) is 0 Å². The Morgan fingerprint density at radius 2 is 1.61 bits per heavy atom. The minimum atomic E-state index is -0.121. The van der Waals surface area contributed by atoms with Crippen molar-refractivity contribution < 1.29 is 4.39 Å². The molecule has 0 radical (unpaired) electrons.